The maximum absolute atomic E-state index is 13.7. The SMILES string of the molecule is CC.Fc1ccc(-c2nc3ccc(NC4CCCC4)cn3c2-c2ccnc(NC3CCCC3)n2)cc1. The molecule has 2 aliphatic rings. The van der Waals surface area contributed by atoms with E-state index in [4.69, 9.17) is 9.97 Å². The smallest absolute Gasteiger partial charge is 0.223 e. The molecule has 2 aliphatic carbocycles. The molecule has 0 unspecified atom stereocenters. The molecule has 6 nitrogen and oxygen atoms in total. The van der Waals surface area contributed by atoms with Crippen molar-refractivity contribution in [2.24, 2.45) is 0 Å². The zero-order valence-electron chi connectivity index (χ0n) is 21.2. The van der Waals surface area contributed by atoms with Crippen LogP contribution in [0.25, 0.3) is 28.3 Å². The summed E-state index contributed by atoms with van der Waals surface area (Å²) in [4.78, 5) is 14.3. The number of anilines is 2. The second-order valence-electron chi connectivity index (χ2n) is 9.48. The monoisotopic (exact) mass is 486 g/mol. The molecule has 2 saturated carbocycles. The third kappa shape index (κ3) is 5.20. The van der Waals surface area contributed by atoms with E-state index in [1.54, 1.807) is 18.3 Å². The van der Waals surface area contributed by atoms with E-state index in [-0.39, 0.29) is 5.82 Å². The molecule has 7 heteroatoms. The van der Waals surface area contributed by atoms with Crippen molar-refractivity contribution in [2.45, 2.75) is 77.3 Å². The molecule has 4 aromatic rings. The summed E-state index contributed by atoms with van der Waals surface area (Å²) in [6.07, 6.45) is 13.7. The Morgan fingerprint density at radius 2 is 1.47 bits per heavy atom. The van der Waals surface area contributed by atoms with Gasteiger partial charge < -0.3 is 10.6 Å². The van der Waals surface area contributed by atoms with Gasteiger partial charge in [0, 0.05) is 30.0 Å². The van der Waals surface area contributed by atoms with Crippen LogP contribution in [0.1, 0.15) is 65.2 Å². The molecule has 2 fully saturated rings. The first kappa shape index (κ1) is 24.2. The maximum atomic E-state index is 13.7. The first-order chi connectivity index (χ1) is 17.7. The van der Waals surface area contributed by atoms with Crippen LogP contribution in [0.5, 0.6) is 0 Å². The number of hydrogen-bond donors (Lipinski definition) is 2. The van der Waals surface area contributed by atoms with Gasteiger partial charge in [0.25, 0.3) is 0 Å². The fourth-order valence-corrected chi connectivity index (χ4v) is 5.30. The Balaban J connectivity index is 0.00000130. The molecule has 0 aliphatic heterocycles. The van der Waals surface area contributed by atoms with Crippen molar-refractivity contribution in [1.82, 2.24) is 19.4 Å². The van der Waals surface area contributed by atoms with Crippen LogP contribution in [0, 0.1) is 5.82 Å². The van der Waals surface area contributed by atoms with Crippen molar-refractivity contribution >= 4 is 17.3 Å². The van der Waals surface area contributed by atoms with Crippen LogP contribution < -0.4 is 10.6 Å². The largest absolute Gasteiger partial charge is 0.381 e. The molecule has 0 saturated heterocycles. The van der Waals surface area contributed by atoms with Crippen LogP contribution in [0.4, 0.5) is 16.0 Å². The summed E-state index contributed by atoms with van der Waals surface area (Å²) in [7, 11) is 0. The van der Waals surface area contributed by atoms with Crippen LogP contribution in [-0.2, 0) is 0 Å². The zero-order chi connectivity index (χ0) is 24.9. The summed E-state index contributed by atoms with van der Waals surface area (Å²) >= 11 is 0. The Morgan fingerprint density at radius 3 is 2.17 bits per heavy atom. The molecule has 0 radical (unpaired) electrons. The van der Waals surface area contributed by atoms with Crippen LogP contribution >= 0.6 is 0 Å². The van der Waals surface area contributed by atoms with E-state index in [9.17, 15) is 4.39 Å². The summed E-state index contributed by atoms with van der Waals surface area (Å²) in [5.41, 5.74) is 5.21. The van der Waals surface area contributed by atoms with Gasteiger partial charge in [0.1, 0.15) is 11.5 Å². The molecule has 0 bridgehead atoms. The van der Waals surface area contributed by atoms with Gasteiger partial charge in [-0.1, -0.05) is 39.5 Å². The van der Waals surface area contributed by atoms with Gasteiger partial charge in [0.15, 0.2) is 0 Å². The van der Waals surface area contributed by atoms with Gasteiger partial charge >= 0.3 is 0 Å². The Hall–Kier alpha value is -3.48. The van der Waals surface area contributed by atoms with Gasteiger partial charge in [0.05, 0.1) is 22.8 Å². The van der Waals surface area contributed by atoms with Gasteiger partial charge in [-0.3, -0.25) is 4.40 Å². The van der Waals surface area contributed by atoms with Gasteiger partial charge in [-0.2, -0.15) is 0 Å². The lowest BCUT2D eigenvalue weighted by atomic mass is 10.1. The zero-order valence-corrected chi connectivity index (χ0v) is 21.2. The lowest BCUT2D eigenvalue weighted by Gasteiger charge is -2.15. The maximum Gasteiger partial charge on any atom is 0.223 e. The number of pyridine rings is 1. The molecule has 0 atom stereocenters. The number of fused-ring (bicyclic) bond motifs is 1. The predicted molar refractivity (Wildman–Crippen MR) is 145 cm³/mol. The van der Waals surface area contributed by atoms with Crippen LogP contribution in [0.2, 0.25) is 0 Å². The topological polar surface area (TPSA) is 67.1 Å². The standard InChI is InChI=1S/C27H29FN6.C2H6/c28-19-11-9-18(10-12-19)25-26(23-15-16-29-27(32-23)31-21-7-3-4-8-21)34-17-22(13-14-24(34)33-25)30-20-5-1-2-6-20;1-2/h9-17,20-21,30H,1-8H2,(H,29,31,32);1-2H3. The van der Waals surface area contributed by atoms with E-state index in [2.05, 4.69) is 32.3 Å². The molecule has 0 spiro atoms. The Morgan fingerprint density at radius 1 is 0.806 bits per heavy atom. The summed E-state index contributed by atoms with van der Waals surface area (Å²) in [5.74, 6) is 0.381. The van der Waals surface area contributed by atoms with Crippen molar-refractivity contribution in [3.63, 3.8) is 0 Å². The van der Waals surface area contributed by atoms with Crippen LogP contribution in [0.15, 0.2) is 54.9 Å². The van der Waals surface area contributed by atoms with Gasteiger partial charge in [-0.05, 0) is 68.1 Å². The molecule has 1 aromatic carbocycles. The minimum Gasteiger partial charge on any atom is -0.381 e. The van der Waals surface area contributed by atoms with Gasteiger partial charge in [-0.15, -0.1) is 0 Å². The van der Waals surface area contributed by atoms with E-state index in [1.165, 1.54) is 50.7 Å². The normalized spacial score (nSPS) is 16.2. The molecule has 6 rings (SSSR count). The molecule has 3 heterocycles. The average molecular weight is 487 g/mol. The highest BCUT2D eigenvalue weighted by atomic mass is 19.1. The predicted octanol–water partition coefficient (Wildman–Crippen LogP) is 7.33. The lowest BCUT2D eigenvalue weighted by Crippen LogP contribution is -2.16. The summed E-state index contributed by atoms with van der Waals surface area (Å²) in [6, 6.07) is 13.5. The molecule has 36 heavy (non-hydrogen) atoms. The van der Waals surface area contributed by atoms with E-state index >= 15 is 0 Å². The van der Waals surface area contributed by atoms with Gasteiger partial charge in [-0.25, -0.2) is 19.3 Å². The fourth-order valence-electron chi connectivity index (χ4n) is 5.30. The summed E-state index contributed by atoms with van der Waals surface area (Å²) in [6.45, 7) is 4.00. The van der Waals surface area contributed by atoms with Crippen molar-refractivity contribution in [3.05, 3.63) is 60.7 Å². The van der Waals surface area contributed by atoms with Crippen molar-refractivity contribution in [1.29, 1.82) is 0 Å². The molecule has 3 aromatic heterocycles. The van der Waals surface area contributed by atoms with Crippen LogP contribution in [-0.4, -0.2) is 31.4 Å². The second-order valence-corrected chi connectivity index (χ2v) is 9.48. The Kier molecular flexibility index (Phi) is 7.44. The molecule has 0 amide bonds. The number of aromatic nitrogens is 4. The number of hydrogen-bond acceptors (Lipinski definition) is 5. The van der Waals surface area contributed by atoms with E-state index < -0.39 is 0 Å². The molecular weight excluding hydrogens is 451 g/mol. The highest BCUT2D eigenvalue weighted by molar-refractivity contribution is 5.81. The lowest BCUT2D eigenvalue weighted by molar-refractivity contribution is 0.628. The first-order valence-electron chi connectivity index (χ1n) is 13.4. The number of rotatable bonds is 6. The van der Waals surface area contributed by atoms with E-state index in [1.807, 2.05) is 26.0 Å². The highest BCUT2D eigenvalue weighted by Gasteiger charge is 2.21. The Bertz CT molecular complexity index is 1290. The minimum atomic E-state index is -0.262. The first-order valence-corrected chi connectivity index (χ1v) is 13.4. The Labute approximate surface area is 212 Å². The number of nitrogens with one attached hydrogen (secondary N) is 2. The quantitative estimate of drug-likeness (QED) is 0.299. The number of nitrogens with zero attached hydrogens (tertiary/aromatic N) is 4. The third-order valence-electron chi connectivity index (χ3n) is 7.05. The van der Waals surface area contributed by atoms with Crippen molar-refractivity contribution in [2.75, 3.05) is 10.6 Å². The second kappa shape index (κ2) is 11.1. The number of imidazole rings is 1. The molecule has 2 N–H and O–H groups in total. The molecule has 188 valence electrons. The van der Waals surface area contributed by atoms with Crippen LogP contribution in [0.3, 0.4) is 0 Å². The molecular formula is C29H35FN6. The average Bonchev–Trinajstić information content (AvgIpc) is 3.68. The number of benzene rings is 1. The minimum absolute atomic E-state index is 0.262. The highest BCUT2D eigenvalue weighted by Crippen LogP contribution is 2.34. The summed E-state index contributed by atoms with van der Waals surface area (Å²) in [5, 5.41) is 7.19. The van der Waals surface area contributed by atoms with Gasteiger partial charge in [0.2, 0.25) is 5.95 Å². The van der Waals surface area contributed by atoms with Crippen molar-refractivity contribution in [3.8, 4) is 22.6 Å². The van der Waals surface area contributed by atoms with E-state index in [0.29, 0.717) is 18.0 Å². The number of halogens is 1. The third-order valence-corrected chi connectivity index (χ3v) is 7.05. The fraction of sp³-hybridized carbons (Fsp3) is 0.414. The summed E-state index contributed by atoms with van der Waals surface area (Å²) < 4.78 is 15.8. The van der Waals surface area contributed by atoms with E-state index in [0.717, 1.165) is 46.8 Å². The van der Waals surface area contributed by atoms with Crippen molar-refractivity contribution < 1.29 is 4.39 Å².